The minimum absolute atomic E-state index is 0.279. The minimum Gasteiger partial charge on any atom is -0.300 e. The molecule has 1 saturated heterocycles. The molecule has 1 unspecified atom stereocenters. The third-order valence-corrected chi connectivity index (χ3v) is 3.11. The number of carbonyl (C=O) groups is 1. The molecular weight excluding hydrogens is 186 g/mol. The van der Waals surface area contributed by atoms with Crippen molar-refractivity contribution in [3.8, 4) is 0 Å². The number of ketones is 1. The van der Waals surface area contributed by atoms with E-state index in [1.165, 1.54) is 5.56 Å². The van der Waals surface area contributed by atoms with Gasteiger partial charge in [-0.3, -0.25) is 9.69 Å². The van der Waals surface area contributed by atoms with E-state index in [1.807, 2.05) is 6.07 Å². The van der Waals surface area contributed by atoms with Crippen LogP contribution in [-0.4, -0.2) is 23.3 Å². The molecule has 0 aliphatic carbocycles. The van der Waals surface area contributed by atoms with E-state index in [4.69, 9.17) is 0 Å². The normalized spacial score (nSPS) is 28.8. The summed E-state index contributed by atoms with van der Waals surface area (Å²) >= 11 is 0. The molecular formula is C13H17NO. The SMILES string of the molecule is CC(=O)CCN1[C@H](C)[C@@H]1c1ccccc1. The lowest BCUT2D eigenvalue weighted by molar-refractivity contribution is -0.117. The third-order valence-electron chi connectivity index (χ3n) is 3.11. The summed E-state index contributed by atoms with van der Waals surface area (Å²) in [7, 11) is 0. The summed E-state index contributed by atoms with van der Waals surface area (Å²) in [5.41, 5.74) is 1.37. The second-order valence-corrected chi connectivity index (χ2v) is 4.29. The van der Waals surface area contributed by atoms with E-state index in [1.54, 1.807) is 6.92 Å². The van der Waals surface area contributed by atoms with Crippen LogP contribution in [0.5, 0.6) is 0 Å². The molecule has 0 saturated carbocycles. The molecule has 1 aromatic rings. The van der Waals surface area contributed by atoms with E-state index in [-0.39, 0.29) is 5.78 Å². The minimum atomic E-state index is 0.279. The van der Waals surface area contributed by atoms with Gasteiger partial charge in [-0.15, -0.1) is 0 Å². The van der Waals surface area contributed by atoms with Gasteiger partial charge in [-0.1, -0.05) is 30.3 Å². The van der Waals surface area contributed by atoms with Crippen molar-refractivity contribution < 1.29 is 4.79 Å². The van der Waals surface area contributed by atoms with Crippen LogP contribution in [-0.2, 0) is 4.79 Å². The maximum atomic E-state index is 10.9. The molecule has 2 rings (SSSR count). The van der Waals surface area contributed by atoms with Crippen molar-refractivity contribution in [1.82, 2.24) is 4.90 Å². The monoisotopic (exact) mass is 203 g/mol. The zero-order chi connectivity index (χ0) is 10.8. The molecule has 2 heteroatoms. The van der Waals surface area contributed by atoms with E-state index in [2.05, 4.69) is 36.1 Å². The number of hydrogen-bond donors (Lipinski definition) is 0. The van der Waals surface area contributed by atoms with Crippen LogP contribution in [0.4, 0.5) is 0 Å². The molecule has 1 aliphatic rings. The van der Waals surface area contributed by atoms with Crippen molar-refractivity contribution in [2.75, 3.05) is 6.54 Å². The predicted octanol–water partition coefficient (Wildman–Crippen LogP) is 2.41. The molecule has 3 atom stereocenters. The maximum Gasteiger partial charge on any atom is 0.131 e. The van der Waals surface area contributed by atoms with Gasteiger partial charge in [-0.05, 0) is 19.4 Å². The number of rotatable bonds is 4. The third kappa shape index (κ3) is 2.26. The van der Waals surface area contributed by atoms with Crippen LogP contribution in [0.3, 0.4) is 0 Å². The van der Waals surface area contributed by atoms with Crippen LogP contribution in [0.15, 0.2) is 30.3 Å². The molecule has 15 heavy (non-hydrogen) atoms. The van der Waals surface area contributed by atoms with Gasteiger partial charge < -0.3 is 0 Å². The standard InChI is InChI=1S/C13H17NO/c1-10(15)8-9-14-11(2)13(14)12-6-4-3-5-7-12/h3-7,11,13H,8-9H2,1-2H3/t11-,13-,14?/m1/s1. The van der Waals surface area contributed by atoms with Crippen molar-refractivity contribution in [1.29, 1.82) is 0 Å². The summed E-state index contributed by atoms with van der Waals surface area (Å²) < 4.78 is 0. The summed E-state index contributed by atoms with van der Waals surface area (Å²) in [5, 5.41) is 0. The predicted molar refractivity (Wildman–Crippen MR) is 60.6 cm³/mol. The topological polar surface area (TPSA) is 20.1 Å². The first-order valence-corrected chi connectivity index (χ1v) is 5.50. The fourth-order valence-corrected chi connectivity index (χ4v) is 2.16. The van der Waals surface area contributed by atoms with Crippen molar-refractivity contribution >= 4 is 5.78 Å². The number of nitrogens with zero attached hydrogens (tertiary/aromatic N) is 1. The maximum absolute atomic E-state index is 10.9. The quantitative estimate of drug-likeness (QED) is 0.700. The van der Waals surface area contributed by atoms with E-state index < -0.39 is 0 Å². The molecule has 0 aromatic heterocycles. The van der Waals surface area contributed by atoms with Crippen LogP contribution in [0.2, 0.25) is 0 Å². The highest BCUT2D eigenvalue weighted by molar-refractivity contribution is 5.75. The molecule has 0 amide bonds. The van der Waals surface area contributed by atoms with Crippen molar-refractivity contribution in [2.45, 2.75) is 32.4 Å². The molecule has 1 aliphatic heterocycles. The van der Waals surface area contributed by atoms with Gasteiger partial charge >= 0.3 is 0 Å². The largest absolute Gasteiger partial charge is 0.300 e. The van der Waals surface area contributed by atoms with Gasteiger partial charge in [0.2, 0.25) is 0 Å². The molecule has 0 bridgehead atoms. The number of hydrogen-bond acceptors (Lipinski definition) is 2. The molecule has 2 nitrogen and oxygen atoms in total. The molecule has 0 spiro atoms. The van der Waals surface area contributed by atoms with Crippen LogP contribution < -0.4 is 0 Å². The number of benzene rings is 1. The Kier molecular flexibility index (Phi) is 2.87. The molecule has 0 N–H and O–H groups in total. The van der Waals surface area contributed by atoms with Crippen LogP contribution >= 0.6 is 0 Å². The van der Waals surface area contributed by atoms with Crippen LogP contribution in [0.1, 0.15) is 31.9 Å². The summed E-state index contributed by atoms with van der Waals surface area (Å²) in [5.74, 6) is 0.279. The van der Waals surface area contributed by atoms with Crippen LogP contribution in [0, 0.1) is 0 Å². The second-order valence-electron chi connectivity index (χ2n) is 4.29. The van der Waals surface area contributed by atoms with Gasteiger partial charge in [-0.25, -0.2) is 0 Å². The van der Waals surface area contributed by atoms with Crippen molar-refractivity contribution in [3.05, 3.63) is 35.9 Å². The van der Waals surface area contributed by atoms with E-state index in [9.17, 15) is 4.79 Å². The summed E-state index contributed by atoms with van der Waals surface area (Å²) in [4.78, 5) is 13.3. The van der Waals surface area contributed by atoms with Crippen molar-refractivity contribution in [3.63, 3.8) is 0 Å². The van der Waals surface area contributed by atoms with E-state index in [0.29, 0.717) is 18.5 Å². The Hall–Kier alpha value is -1.15. The second kappa shape index (κ2) is 4.15. The molecule has 80 valence electrons. The van der Waals surface area contributed by atoms with E-state index in [0.717, 1.165) is 6.54 Å². The smallest absolute Gasteiger partial charge is 0.131 e. The van der Waals surface area contributed by atoms with Crippen LogP contribution in [0.25, 0.3) is 0 Å². The highest BCUT2D eigenvalue weighted by atomic mass is 16.1. The molecule has 1 fully saturated rings. The Labute approximate surface area is 90.9 Å². The Morgan fingerprint density at radius 3 is 2.60 bits per heavy atom. The average molecular weight is 203 g/mol. The molecule has 1 heterocycles. The van der Waals surface area contributed by atoms with E-state index >= 15 is 0 Å². The Morgan fingerprint density at radius 1 is 1.33 bits per heavy atom. The first kappa shape index (κ1) is 10.4. The Morgan fingerprint density at radius 2 is 2.00 bits per heavy atom. The Bertz CT molecular complexity index is 347. The first-order valence-electron chi connectivity index (χ1n) is 5.50. The van der Waals surface area contributed by atoms with Gasteiger partial charge in [0.15, 0.2) is 0 Å². The van der Waals surface area contributed by atoms with Gasteiger partial charge in [0.25, 0.3) is 0 Å². The average Bonchev–Trinajstić information content (AvgIpc) is 2.87. The lowest BCUT2D eigenvalue weighted by Gasteiger charge is -2.01. The summed E-state index contributed by atoms with van der Waals surface area (Å²) in [6.45, 7) is 4.78. The lowest BCUT2D eigenvalue weighted by atomic mass is 10.1. The highest BCUT2D eigenvalue weighted by Gasteiger charge is 2.43. The molecule has 0 radical (unpaired) electrons. The fourth-order valence-electron chi connectivity index (χ4n) is 2.16. The number of Topliss-reactive ketones (excluding diaryl/α,β-unsaturated/α-hetero) is 1. The Balaban J connectivity index is 1.94. The van der Waals surface area contributed by atoms with Gasteiger partial charge in [-0.2, -0.15) is 0 Å². The van der Waals surface area contributed by atoms with Gasteiger partial charge in [0.1, 0.15) is 5.78 Å². The van der Waals surface area contributed by atoms with Gasteiger partial charge in [0.05, 0.1) is 6.04 Å². The fraction of sp³-hybridized carbons (Fsp3) is 0.462. The highest BCUT2D eigenvalue weighted by Crippen LogP contribution is 2.42. The lowest BCUT2D eigenvalue weighted by Crippen LogP contribution is -2.06. The van der Waals surface area contributed by atoms with Crippen molar-refractivity contribution in [2.24, 2.45) is 0 Å². The first-order chi connectivity index (χ1) is 7.20. The molecule has 1 aromatic carbocycles. The summed E-state index contributed by atoms with van der Waals surface area (Å²) in [6, 6.07) is 11.6. The number of carbonyl (C=O) groups excluding carboxylic acids is 1. The van der Waals surface area contributed by atoms with Gasteiger partial charge in [0, 0.05) is 19.0 Å². The zero-order valence-corrected chi connectivity index (χ0v) is 9.31. The zero-order valence-electron chi connectivity index (χ0n) is 9.31. The summed E-state index contributed by atoms with van der Waals surface area (Å²) in [6.07, 6.45) is 0.674.